The average molecular weight is 555 g/mol. The summed E-state index contributed by atoms with van der Waals surface area (Å²) in [5.41, 5.74) is 2.16. The molecule has 0 radical (unpaired) electrons. The van der Waals surface area contributed by atoms with Crippen molar-refractivity contribution in [3.8, 4) is 5.69 Å². The summed E-state index contributed by atoms with van der Waals surface area (Å²) in [6, 6.07) is 21.0. The van der Waals surface area contributed by atoms with Crippen LogP contribution < -0.4 is 21.9 Å². The maximum Gasteiger partial charge on any atom is 0.336 e. The summed E-state index contributed by atoms with van der Waals surface area (Å²) in [4.78, 5) is 52.5. The van der Waals surface area contributed by atoms with Crippen LogP contribution in [0.2, 0.25) is 0 Å². The maximum absolute atomic E-state index is 13.7. The largest absolute Gasteiger partial charge is 0.376 e. The summed E-state index contributed by atoms with van der Waals surface area (Å²) in [5, 5.41) is 6.06. The van der Waals surface area contributed by atoms with Crippen molar-refractivity contribution in [2.45, 2.75) is 51.7 Å². The second-order valence-corrected chi connectivity index (χ2v) is 10.6. The van der Waals surface area contributed by atoms with E-state index in [0.29, 0.717) is 34.7 Å². The van der Waals surface area contributed by atoms with Crippen molar-refractivity contribution in [3.63, 3.8) is 0 Å². The number of aromatic nitrogens is 2. The fraction of sp³-hybridized carbons (Fsp3) is 0.312. The van der Waals surface area contributed by atoms with Gasteiger partial charge in [-0.05, 0) is 66.3 Å². The monoisotopic (exact) mass is 554 g/mol. The fourth-order valence-electron chi connectivity index (χ4n) is 5.04. The molecular weight excluding hydrogens is 520 g/mol. The van der Waals surface area contributed by atoms with Gasteiger partial charge in [0.2, 0.25) is 11.8 Å². The van der Waals surface area contributed by atoms with Crippen LogP contribution in [0.1, 0.15) is 43.7 Å². The van der Waals surface area contributed by atoms with E-state index < -0.39 is 11.2 Å². The van der Waals surface area contributed by atoms with Crippen molar-refractivity contribution in [1.82, 2.24) is 14.5 Å². The zero-order valence-corrected chi connectivity index (χ0v) is 23.3. The van der Waals surface area contributed by atoms with Gasteiger partial charge in [-0.15, -0.1) is 0 Å². The lowest BCUT2D eigenvalue weighted by molar-refractivity contribution is -0.121. The molecule has 1 saturated heterocycles. The van der Waals surface area contributed by atoms with E-state index in [1.807, 2.05) is 24.3 Å². The number of carbonyl (C=O) groups excluding carboxylic acids is 2. The van der Waals surface area contributed by atoms with Crippen LogP contribution >= 0.6 is 0 Å². The molecular formula is C32H34N4O5. The second kappa shape index (κ2) is 12.3. The molecule has 3 aromatic carbocycles. The molecule has 9 heteroatoms. The van der Waals surface area contributed by atoms with Crippen LogP contribution in [0.5, 0.6) is 0 Å². The Hall–Kier alpha value is -4.50. The predicted octanol–water partition coefficient (Wildman–Crippen LogP) is 3.75. The van der Waals surface area contributed by atoms with Crippen LogP contribution in [0.15, 0.2) is 82.4 Å². The van der Waals surface area contributed by atoms with E-state index in [9.17, 15) is 19.2 Å². The Morgan fingerprint density at radius 3 is 2.37 bits per heavy atom. The zero-order chi connectivity index (χ0) is 28.9. The van der Waals surface area contributed by atoms with Crippen molar-refractivity contribution >= 4 is 28.4 Å². The first-order valence-corrected chi connectivity index (χ1v) is 13.9. The Labute approximate surface area is 237 Å². The molecule has 0 aliphatic carbocycles. The third-order valence-corrected chi connectivity index (χ3v) is 7.32. The lowest BCUT2D eigenvalue weighted by atomic mass is 10.0. The Bertz CT molecular complexity index is 1660. The molecule has 2 N–H and O–H groups in total. The van der Waals surface area contributed by atoms with Gasteiger partial charge in [0, 0.05) is 18.8 Å². The van der Waals surface area contributed by atoms with Crippen molar-refractivity contribution in [3.05, 3.63) is 105 Å². The highest BCUT2D eigenvalue weighted by molar-refractivity contribution is 5.91. The fourth-order valence-corrected chi connectivity index (χ4v) is 5.04. The first kappa shape index (κ1) is 28.0. The van der Waals surface area contributed by atoms with Crippen LogP contribution in [0, 0.1) is 0 Å². The molecule has 9 nitrogen and oxygen atoms in total. The Kier molecular flexibility index (Phi) is 8.45. The van der Waals surface area contributed by atoms with E-state index in [0.717, 1.165) is 35.1 Å². The molecule has 212 valence electrons. The van der Waals surface area contributed by atoms with E-state index in [4.69, 9.17) is 4.74 Å². The van der Waals surface area contributed by atoms with Gasteiger partial charge in [-0.1, -0.05) is 50.2 Å². The number of hydrogen-bond donors (Lipinski definition) is 2. The molecule has 4 aromatic rings. The molecule has 2 heterocycles. The number of hydrogen-bond acceptors (Lipinski definition) is 5. The zero-order valence-electron chi connectivity index (χ0n) is 23.3. The Balaban J connectivity index is 1.37. The molecule has 1 aromatic heterocycles. The number of amides is 2. The standard InChI is InChI=1S/C32H34N4O5/c1-21(2)23-11-13-24(14-12-23)34-30(38)20-35-28-8-4-3-7-27(28)31(39)36(32(35)40)25-15-9-22(10-16-25)18-29(37)33-19-26-6-5-17-41-26/h3-4,7-16,21,26H,5-6,17-20H2,1-2H3,(H,33,37)(H,34,38). The van der Waals surface area contributed by atoms with E-state index in [1.54, 1.807) is 48.5 Å². The number of para-hydroxylation sites is 1. The molecule has 1 aliphatic heterocycles. The van der Waals surface area contributed by atoms with Gasteiger partial charge in [-0.2, -0.15) is 0 Å². The van der Waals surface area contributed by atoms with Gasteiger partial charge < -0.3 is 15.4 Å². The highest BCUT2D eigenvalue weighted by Crippen LogP contribution is 2.18. The van der Waals surface area contributed by atoms with Crippen LogP contribution in [0.3, 0.4) is 0 Å². The number of rotatable bonds is 9. The summed E-state index contributed by atoms with van der Waals surface area (Å²) < 4.78 is 7.91. The van der Waals surface area contributed by atoms with E-state index >= 15 is 0 Å². The molecule has 0 bridgehead atoms. The molecule has 0 saturated carbocycles. The van der Waals surface area contributed by atoms with E-state index in [2.05, 4.69) is 24.5 Å². The van der Waals surface area contributed by atoms with Gasteiger partial charge >= 0.3 is 5.69 Å². The van der Waals surface area contributed by atoms with Crippen LogP contribution in [-0.2, 0) is 27.3 Å². The van der Waals surface area contributed by atoms with Gasteiger partial charge in [0.15, 0.2) is 0 Å². The molecule has 5 rings (SSSR count). The number of nitrogens with one attached hydrogen (secondary N) is 2. The number of nitrogens with zero attached hydrogens (tertiary/aromatic N) is 2. The number of ether oxygens (including phenoxy) is 1. The topological polar surface area (TPSA) is 111 Å². The molecule has 41 heavy (non-hydrogen) atoms. The lowest BCUT2D eigenvalue weighted by Crippen LogP contribution is -2.40. The van der Waals surface area contributed by atoms with Gasteiger partial charge in [0.1, 0.15) is 6.54 Å². The minimum Gasteiger partial charge on any atom is -0.376 e. The second-order valence-electron chi connectivity index (χ2n) is 10.6. The van der Waals surface area contributed by atoms with Gasteiger partial charge in [0.25, 0.3) is 5.56 Å². The minimum atomic E-state index is -0.624. The highest BCUT2D eigenvalue weighted by atomic mass is 16.5. The smallest absolute Gasteiger partial charge is 0.336 e. The minimum absolute atomic E-state index is 0.0655. The summed E-state index contributed by atoms with van der Waals surface area (Å²) in [5.74, 6) is -0.138. The Morgan fingerprint density at radius 1 is 0.951 bits per heavy atom. The molecule has 1 atom stereocenters. The van der Waals surface area contributed by atoms with Crippen LogP contribution in [-0.4, -0.2) is 40.2 Å². The first-order valence-electron chi connectivity index (χ1n) is 13.9. The lowest BCUT2D eigenvalue weighted by Gasteiger charge is -2.15. The molecule has 1 unspecified atom stereocenters. The molecule has 2 amide bonds. The third kappa shape index (κ3) is 6.47. The SMILES string of the molecule is CC(C)c1ccc(NC(=O)Cn2c(=O)n(-c3ccc(CC(=O)NCC4CCCO4)cc3)c(=O)c3ccccc32)cc1. The van der Waals surface area contributed by atoms with Gasteiger partial charge in [0.05, 0.1) is 29.1 Å². The number of benzene rings is 3. The van der Waals surface area contributed by atoms with Gasteiger partial charge in [-0.25, -0.2) is 9.36 Å². The van der Waals surface area contributed by atoms with Crippen LogP contribution in [0.4, 0.5) is 5.69 Å². The normalized spacial score (nSPS) is 14.9. The third-order valence-electron chi connectivity index (χ3n) is 7.32. The maximum atomic E-state index is 13.7. The summed E-state index contributed by atoms with van der Waals surface area (Å²) in [6.45, 7) is 5.14. The summed E-state index contributed by atoms with van der Waals surface area (Å²) in [7, 11) is 0. The van der Waals surface area contributed by atoms with Gasteiger partial charge in [-0.3, -0.25) is 19.0 Å². The van der Waals surface area contributed by atoms with Crippen molar-refractivity contribution in [2.24, 2.45) is 0 Å². The first-order chi connectivity index (χ1) is 19.8. The quantitative estimate of drug-likeness (QED) is 0.327. The van der Waals surface area contributed by atoms with E-state index in [-0.39, 0.29) is 30.9 Å². The predicted molar refractivity (Wildman–Crippen MR) is 159 cm³/mol. The molecule has 1 aliphatic rings. The average Bonchev–Trinajstić information content (AvgIpc) is 3.49. The Morgan fingerprint density at radius 2 is 1.68 bits per heavy atom. The van der Waals surface area contributed by atoms with Crippen molar-refractivity contribution in [1.29, 1.82) is 0 Å². The molecule has 1 fully saturated rings. The van der Waals surface area contributed by atoms with Crippen molar-refractivity contribution in [2.75, 3.05) is 18.5 Å². The molecule has 0 spiro atoms. The summed E-state index contributed by atoms with van der Waals surface area (Å²) in [6.07, 6.45) is 2.19. The van der Waals surface area contributed by atoms with Crippen molar-refractivity contribution < 1.29 is 14.3 Å². The number of carbonyl (C=O) groups is 2. The number of fused-ring (bicyclic) bond motifs is 1. The van der Waals surface area contributed by atoms with Crippen LogP contribution in [0.25, 0.3) is 16.6 Å². The summed E-state index contributed by atoms with van der Waals surface area (Å²) >= 11 is 0. The van der Waals surface area contributed by atoms with E-state index in [1.165, 1.54) is 4.57 Å². The number of anilines is 1. The highest BCUT2D eigenvalue weighted by Gasteiger charge is 2.18.